The molecule has 1 aromatic carbocycles. The molecule has 0 heterocycles. The molecule has 0 unspecified atom stereocenters. The third-order valence-corrected chi connectivity index (χ3v) is 6.44. The number of aliphatic hydroxyl groups is 1. The zero-order valence-corrected chi connectivity index (χ0v) is 20.5. The molecule has 0 spiro atoms. The van der Waals surface area contributed by atoms with Crippen LogP contribution in [0.4, 0.5) is 4.79 Å². The minimum absolute atomic E-state index is 0.187. The quantitative estimate of drug-likeness (QED) is 0.277. The molecule has 0 aromatic heterocycles. The van der Waals surface area contributed by atoms with Crippen LogP contribution < -0.4 is 0 Å². The summed E-state index contributed by atoms with van der Waals surface area (Å²) in [7, 11) is 0. The fourth-order valence-corrected chi connectivity index (χ4v) is 4.45. The number of benzene rings is 1. The SMILES string of the molecule is C=CCN(C(=O)OCc1ccccc1)[C@H]1CC[C@H](OCCCCCCN(CC)CCO)CC1. The molecule has 6 heteroatoms. The molecule has 2 rings (SSSR count). The first kappa shape index (κ1) is 27.4. The molecule has 1 aliphatic carbocycles. The number of carbonyl (C=O) groups is 1. The van der Waals surface area contributed by atoms with Crippen LogP contribution in [0.1, 0.15) is 63.9 Å². The van der Waals surface area contributed by atoms with Crippen LogP contribution in [0.5, 0.6) is 0 Å². The molecule has 1 N–H and O–H groups in total. The second kappa shape index (κ2) is 16.7. The van der Waals surface area contributed by atoms with Crippen molar-refractivity contribution >= 4 is 6.09 Å². The second-order valence-corrected chi connectivity index (χ2v) is 8.85. The lowest BCUT2D eigenvalue weighted by Crippen LogP contribution is -2.43. The maximum Gasteiger partial charge on any atom is 0.410 e. The molecular weight excluding hydrogens is 416 g/mol. The molecule has 1 saturated carbocycles. The summed E-state index contributed by atoms with van der Waals surface area (Å²) in [6.45, 7) is 10.7. The number of carbonyl (C=O) groups excluding carboxylic acids is 1. The molecule has 0 saturated heterocycles. The van der Waals surface area contributed by atoms with Crippen LogP contribution in [-0.4, -0.2) is 72.5 Å². The van der Waals surface area contributed by atoms with Crippen LogP contribution in [0.3, 0.4) is 0 Å². The van der Waals surface area contributed by atoms with Crippen LogP contribution in [0.25, 0.3) is 0 Å². The predicted molar refractivity (Wildman–Crippen MR) is 133 cm³/mol. The largest absolute Gasteiger partial charge is 0.445 e. The van der Waals surface area contributed by atoms with Gasteiger partial charge >= 0.3 is 6.09 Å². The van der Waals surface area contributed by atoms with Gasteiger partial charge in [-0.15, -0.1) is 6.58 Å². The first-order valence-electron chi connectivity index (χ1n) is 12.7. The lowest BCUT2D eigenvalue weighted by Gasteiger charge is -2.35. The lowest BCUT2D eigenvalue weighted by molar-refractivity contribution is 0.00491. The van der Waals surface area contributed by atoms with Crippen molar-refractivity contribution in [2.75, 3.05) is 39.4 Å². The molecule has 0 bridgehead atoms. The Kier molecular flexibility index (Phi) is 13.8. The van der Waals surface area contributed by atoms with E-state index in [1.54, 1.807) is 6.08 Å². The predicted octanol–water partition coefficient (Wildman–Crippen LogP) is 5.01. The Bertz CT molecular complexity index is 647. The molecular formula is C27H44N2O4. The standard InChI is InChI=1S/C27H44N2O4/c1-3-18-29(27(31)33-23-24-12-8-7-9-13-24)25-14-16-26(17-15-25)32-22-11-6-5-10-19-28(4-2)20-21-30/h3,7-9,12-13,25-26,30H,1,4-6,10-11,14-23H2,2H3/t25-,26-. The van der Waals surface area contributed by atoms with Gasteiger partial charge in [0.2, 0.25) is 0 Å². The molecule has 186 valence electrons. The molecule has 0 atom stereocenters. The summed E-state index contributed by atoms with van der Waals surface area (Å²) in [5, 5.41) is 9.04. The maximum atomic E-state index is 12.7. The number of hydrogen-bond acceptors (Lipinski definition) is 5. The van der Waals surface area contributed by atoms with Gasteiger partial charge in [-0.3, -0.25) is 0 Å². The van der Waals surface area contributed by atoms with Gasteiger partial charge < -0.3 is 24.4 Å². The average Bonchev–Trinajstić information content (AvgIpc) is 2.85. The first-order valence-corrected chi connectivity index (χ1v) is 12.7. The van der Waals surface area contributed by atoms with Gasteiger partial charge in [0.15, 0.2) is 0 Å². The highest BCUT2D eigenvalue weighted by molar-refractivity contribution is 5.68. The monoisotopic (exact) mass is 460 g/mol. The van der Waals surface area contributed by atoms with E-state index in [-0.39, 0.29) is 18.7 Å². The highest BCUT2D eigenvalue weighted by atomic mass is 16.6. The van der Waals surface area contributed by atoms with Gasteiger partial charge in [0, 0.05) is 25.7 Å². The van der Waals surface area contributed by atoms with Gasteiger partial charge in [0.05, 0.1) is 12.7 Å². The summed E-state index contributed by atoms with van der Waals surface area (Å²) in [6.07, 6.45) is 10.3. The summed E-state index contributed by atoms with van der Waals surface area (Å²) in [5.41, 5.74) is 0.995. The fraction of sp³-hybridized carbons (Fsp3) is 0.667. The van der Waals surface area contributed by atoms with Crippen LogP contribution >= 0.6 is 0 Å². The maximum absolute atomic E-state index is 12.7. The van der Waals surface area contributed by atoms with Gasteiger partial charge in [-0.1, -0.05) is 56.2 Å². The zero-order chi connectivity index (χ0) is 23.7. The first-order chi connectivity index (χ1) is 16.2. The molecule has 0 radical (unpaired) electrons. The Balaban J connectivity index is 1.60. The van der Waals surface area contributed by atoms with Crippen molar-refractivity contribution in [3.8, 4) is 0 Å². The van der Waals surface area contributed by atoms with E-state index >= 15 is 0 Å². The summed E-state index contributed by atoms with van der Waals surface area (Å²) >= 11 is 0. The van der Waals surface area contributed by atoms with Crippen LogP contribution in [-0.2, 0) is 16.1 Å². The van der Waals surface area contributed by atoms with E-state index in [2.05, 4.69) is 18.4 Å². The Hall–Kier alpha value is -1.89. The highest BCUT2D eigenvalue weighted by Gasteiger charge is 2.29. The number of ether oxygens (including phenoxy) is 2. The number of rotatable bonds is 16. The highest BCUT2D eigenvalue weighted by Crippen LogP contribution is 2.26. The van der Waals surface area contributed by atoms with Crippen molar-refractivity contribution in [2.45, 2.75) is 77.0 Å². The molecule has 1 fully saturated rings. The zero-order valence-electron chi connectivity index (χ0n) is 20.5. The third kappa shape index (κ3) is 10.7. The lowest BCUT2D eigenvalue weighted by atomic mass is 9.92. The Morgan fingerprint density at radius 3 is 2.48 bits per heavy atom. The number of aliphatic hydroxyl groups excluding tert-OH is 1. The summed E-state index contributed by atoms with van der Waals surface area (Å²) in [4.78, 5) is 16.8. The van der Waals surface area contributed by atoms with E-state index in [0.717, 1.165) is 63.9 Å². The molecule has 6 nitrogen and oxygen atoms in total. The number of likely N-dealkylation sites (N-methyl/N-ethyl adjacent to an activating group) is 1. The summed E-state index contributed by atoms with van der Waals surface area (Å²) < 4.78 is 11.7. The van der Waals surface area contributed by atoms with Gasteiger partial charge in [-0.05, 0) is 57.2 Å². The Labute approximate surface area is 200 Å². The van der Waals surface area contributed by atoms with Crippen LogP contribution in [0, 0.1) is 0 Å². The molecule has 33 heavy (non-hydrogen) atoms. The van der Waals surface area contributed by atoms with E-state index in [1.807, 2.05) is 35.2 Å². The molecule has 0 aliphatic heterocycles. The van der Waals surface area contributed by atoms with Crippen LogP contribution in [0.2, 0.25) is 0 Å². The summed E-state index contributed by atoms with van der Waals surface area (Å²) in [6, 6.07) is 9.97. The van der Waals surface area contributed by atoms with E-state index in [9.17, 15) is 4.79 Å². The van der Waals surface area contributed by atoms with Crippen molar-refractivity contribution in [3.05, 3.63) is 48.6 Å². The van der Waals surface area contributed by atoms with Crippen molar-refractivity contribution < 1.29 is 19.4 Å². The molecule has 1 aliphatic rings. The topological polar surface area (TPSA) is 62.2 Å². The van der Waals surface area contributed by atoms with E-state index in [4.69, 9.17) is 14.6 Å². The van der Waals surface area contributed by atoms with Gasteiger partial charge in [0.1, 0.15) is 6.61 Å². The number of nitrogens with zero attached hydrogens (tertiary/aromatic N) is 2. The number of unbranched alkanes of at least 4 members (excludes halogenated alkanes) is 3. The minimum Gasteiger partial charge on any atom is -0.445 e. The van der Waals surface area contributed by atoms with E-state index in [1.165, 1.54) is 19.3 Å². The third-order valence-electron chi connectivity index (χ3n) is 6.44. The van der Waals surface area contributed by atoms with Gasteiger partial charge in [-0.25, -0.2) is 4.79 Å². The van der Waals surface area contributed by atoms with Crippen molar-refractivity contribution in [1.82, 2.24) is 9.80 Å². The van der Waals surface area contributed by atoms with Crippen molar-refractivity contribution in [3.63, 3.8) is 0 Å². The van der Waals surface area contributed by atoms with Gasteiger partial charge in [-0.2, -0.15) is 0 Å². The molecule has 1 aromatic rings. The average molecular weight is 461 g/mol. The van der Waals surface area contributed by atoms with Crippen molar-refractivity contribution in [1.29, 1.82) is 0 Å². The minimum atomic E-state index is -0.260. The van der Waals surface area contributed by atoms with E-state index < -0.39 is 0 Å². The van der Waals surface area contributed by atoms with Crippen molar-refractivity contribution in [2.24, 2.45) is 0 Å². The number of amides is 1. The van der Waals surface area contributed by atoms with Gasteiger partial charge in [0.25, 0.3) is 0 Å². The number of hydrogen-bond donors (Lipinski definition) is 1. The Morgan fingerprint density at radius 1 is 1.09 bits per heavy atom. The summed E-state index contributed by atoms with van der Waals surface area (Å²) in [5.74, 6) is 0. The second-order valence-electron chi connectivity index (χ2n) is 8.85. The van der Waals surface area contributed by atoms with E-state index in [0.29, 0.717) is 19.3 Å². The normalized spacial score (nSPS) is 18.3. The fourth-order valence-electron chi connectivity index (χ4n) is 4.45. The molecule has 1 amide bonds. The Morgan fingerprint density at radius 2 is 1.82 bits per heavy atom. The smallest absolute Gasteiger partial charge is 0.410 e. The van der Waals surface area contributed by atoms with Crippen LogP contribution in [0.15, 0.2) is 43.0 Å².